The van der Waals surface area contributed by atoms with Gasteiger partial charge in [0.25, 0.3) is 0 Å². The first-order valence-electron chi connectivity index (χ1n) is 7.20. The van der Waals surface area contributed by atoms with E-state index in [2.05, 4.69) is 32.7 Å². The molecule has 0 atom stereocenters. The molecule has 1 aliphatic rings. The van der Waals surface area contributed by atoms with Gasteiger partial charge in [0, 0.05) is 19.7 Å². The molecule has 1 fully saturated rings. The highest BCUT2D eigenvalue weighted by atomic mass is 16.5. The zero-order chi connectivity index (χ0) is 12.9. The van der Waals surface area contributed by atoms with Gasteiger partial charge in [0.1, 0.15) is 0 Å². The van der Waals surface area contributed by atoms with E-state index >= 15 is 0 Å². The maximum absolute atomic E-state index is 5.15. The van der Waals surface area contributed by atoms with Gasteiger partial charge in [-0.15, -0.1) is 0 Å². The largest absolute Gasteiger partial charge is 0.383 e. The Bertz CT molecular complexity index is 207. The molecule has 1 saturated carbocycles. The summed E-state index contributed by atoms with van der Waals surface area (Å²) in [6.07, 6.45) is 6.86. The van der Waals surface area contributed by atoms with Crippen LogP contribution in [0.25, 0.3) is 0 Å². The minimum atomic E-state index is 0.538. The van der Waals surface area contributed by atoms with Gasteiger partial charge in [-0.05, 0) is 44.1 Å². The Kier molecular flexibility index (Phi) is 5.94. The highest BCUT2D eigenvalue weighted by molar-refractivity contribution is 4.85. The molecule has 0 saturated heterocycles. The van der Waals surface area contributed by atoms with Crippen molar-refractivity contribution < 1.29 is 4.74 Å². The molecule has 0 heterocycles. The summed E-state index contributed by atoms with van der Waals surface area (Å²) in [5.74, 6) is 0.930. The maximum Gasteiger partial charge on any atom is 0.0589 e. The van der Waals surface area contributed by atoms with Gasteiger partial charge in [-0.1, -0.05) is 27.2 Å². The zero-order valence-electron chi connectivity index (χ0n) is 12.5. The van der Waals surface area contributed by atoms with E-state index in [-0.39, 0.29) is 0 Å². The minimum absolute atomic E-state index is 0.538. The predicted octanol–water partition coefficient (Wildman–Crippen LogP) is 3.56. The smallest absolute Gasteiger partial charge is 0.0589 e. The quantitative estimate of drug-likeness (QED) is 0.705. The van der Waals surface area contributed by atoms with Crippen molar-refractivity contribution in [1.29, 1.82) is 0 Å². The fourth-order valence-electron chi connectivity index (χ4n) is 3.00. The predicted molar refractivity (Wildman–Crippen MR) is 74.3 cm³/mol. The average Bonchev–Trinajstić information content (AvgIpc) is 2.36. The van der Waals surface area contributed by atoms with Crippen LogP contribution in [0, 0.1) is 11.3 Å². The van der Waals surface area contributed by atoms with E-state index in [1.165, 1.54) is 32.1 Å². The van der Waals surface area contributed by atoms with Gasteiger partial charge in [0.15, 0.2) is 0 Å². The van der Waals surface area contributed by atoms with Crippen LogP contribution in [0.15, 0.2) is 0 Å². The van der Waals surface area contributed by atoms with E-state index in [1.54, 1.807) is 7.11 Å². The van der Waals surface area contributed by atoms with E-state index in [0.717, 1.165) is 25.1 Å². The number of nitrogens with zero attached hydrogens (tertiary/aromatic N) is 1. The Morgan fingerprint density at radius 3 is 2.24 bits per heavy atom. The summed E-state index contributed by atoms with van der Waals surface area (Å²) in [7, 11) is 4.03. The standard InChI is InChI=1S/C15H31NO/c1-6-15(2,3)13-7-9-14(10-8-13)16(4)11-12-17-5/h13-14H,6-12H2,1-5H3. The molecule has 2 nitrogen and oxygen atoms in total. The van der Waals surface area contributed by atoms with Gasteiger partial charge < -0.3 is 9.64 Å². The van der Waals surface area contributed by atoms with Crippen LogP contribution in [0.1, 0.15) is 52.9 Å². The molecule has 17 heavy (non-hydrogen) atoms. The number of hydrogen-bond acceptors (Lipinski definition) is 2. The van der Waals surface area contributed by atoms with Crippen molar-refractivity contribution in [1.82, 2.24) is 4.90 Å². The molecule has 0 aromatic rings. The van der Waals surface area contributed by atoms with E-state index in [4.69, 9.17) is 4.74 Å². The number of rotatable bonds is 6. The van der Waals surface area contributed by atoms with Crippen LogP contribution >= 0.6 is 0 Å². The Hall–Kier alpha value is -0.0800. The van der Waals surface area contributed by atoms with Crippen LogP contribution in [0.2, 0.25) is 0 Å². The number of methoxy groups -OCH3 is 1. The molecule has 0 aromatic heterocycles. The Morgan fingerprint density at radius 1 is 1.18 bits per heavy atom. The number of likely N-dealkylation sites (N-methyl/N-ethyl adjacent to an activating group) is 1. The molecule has 0 bridgehead atoms. The lowest BCUT2D eigenvalue weighted by Gasteiger charge is -2.41. The van der Waals surface area contributed by atoms with Crippen molar-refractivity contribution in [3.63, 3.8) is 0 Å². The van der Waals surface area contributed by atoms with E-state index in [1.807, 2.05) is 0 Å². The van der Waals surface area contributed by atoms with Gasteiger partial charge >= 0.3 is 0 Å². The highest BCUT2D eigenvalue weighted by Crippen LogP contribution is 2.41. The molecule has 102 valence electrons. The van der Waals surface area contributed by atoms with Gasteiger partial charge in [0.05, 0.1) is 6.61 Å². The summed E-state index contributed by atoms with van der Waals surface area (Å²) in [6.45, 7) is 9.13. The SMILES string of the molecule is CCC(C)(C)C1CCC(N(C)CCOC)CC1. The average molecular weight is 241 g/mol. The van der Waals surface area contributed by atoms with Gasteiger partial charge in [0.2, 0.25) is 0 Å². The van der Waals surface area contributed by atoms with E-state index in [0.29, 0.717) is 5.41 Å². The maximum atomic E-state index is 5.15. The molecule has 0 spiro atoms. The molecule has 1 aliphatic carbocycles. The zero-order valence-corrected chi connectivity index (χ0v) is 12.5. The third-order valence-electron chi connectivity index (χ3n) is 4.98. The molecule has 2 heteroatoms. The first-order valence-corrected chi connectivity index (χ1v) is 7.20. The fraction of sp³-hybridized carbons (Fsp3) is 1.00. The molecule has 0 radical (unpaired) electrons. The first kappa shape index (κ1) is 15.0. The van der Waals surface area contributed by atoms with Crippen LogP contribution in [0.4, 0.5) is 0 Å². The lowest BCUT2D eigenvalue weighted by molar-refractivity contribution is 0.0805. The molecular weight excluding hydrogens is 210 g/mol. The number of ether oxygens (including phenoxy) is 1. The summed E-state index contributed by atoms with van der Waals surface area (Å²) >= 11 is 0. The Labute approximate surface area is 108 Å². The molecule has 0 amide bonds. The van der Waals surface area contributed by atoms with Crippen LogP contribution in [0.5, 0.6) is 0 Å². The van der Waals surface area contributed by atoms with Gasteiger partial charge in [-0.2, -0.15) is 0 Å². The Morgan fingerprint density at radius 2 is 1.76 bits per heavy atom. The summed E-state index contributed by atoms with van der Waals surface area (Å²) in [5.41, 5.74) is 0.538. The van der Waals surface area contributed by atoms with Crippen LogP contribution < -0.4 is 0 Å². The van der Waals surface area contributed by atoms with Crippen molar-refractivity contribution in [2.75, 3.05) is 27.3 Å². The molecule has 0 unspecified atom stereocenters. The molecule has 0 aromatic carbocycles. The minimum Gasteiger partial charge on any atom is -0.383 e. The third-order valence-corrected chi connectivity index (χ3v) is 4.98. The highest BCUT2D eigenvalue weighted by Gasteiger charge is 2.32. The normalized spacial score (nSPS) is 26.5. The summed E-state index contributed by atoms with van der Waals surface area (Å²) in [5, 5.41) is 0. The lowest BCUT2D eigenvalue weighted by atomic mass is 9.69. The van der Waals surface area contributed by atoms with Crippen LogP contribution in [0.3, 0.4) is 0 Å². The summed E-state index contributed by atoms with van der Waals surface area (Å²) in [4.78, 5) is 2.48. The first-order chi connectivity index (χ1) is 8.01. The molecule has 0 N–H and O–H groups in total. The van der Waals surface area contributed by atoms with Gasteiger partial charge in [-0.3, -0.25) is 0 Å². The van der Waals surface area contributed by atoms with Crippen LogP contribution in [-0.2, 0) is 4.74 Å². The lowest BCUT2D eigenvalue weighted by Crippen LogP contribution is -2.39. The van der Waals surface area contributed by atoms with E-state index in [9.17, 15) is 0 Å². The monoisotopic (exact) mass is 241 g/mol. The van der Waals surface area contributed by atoms with Gasteiger partial charge in [-0.25, -0.2) is 0 Å². The topological polar surface area (TPSA) is 12.5 Å². The molecular formula is C15H31NO. The van der Waals surface area contributed by atoms with E-state index < -0.39 is 0 Å². The molecule has 0 aliphatic heterocycles. The second kappa shape index (κ2) is 6.75. The summed E-state index contributed by atoms with van der Waals surface area (Å²) < 4.78 is 5.15. The van der Waals surface area contributed by atoms with Crippen molar-refractivity contribution in [2.45, 2.75) is 58.9 Å². The van der Waals surface area contributed by atoms with Crippen molar-refractivity contribution in [2.24, 2.45) is 11.3 Å². The van der Waals surface area contributed by atoms with Crippen molar-refractivity contribution >= 4 is 0 Å². The fourth-order valence-corrected chi connectivity index (χ4v) is 3.00. The van der Waals surface area contributed by atoms with Crippen molar-refractivity contribution in [3.05, 3.63) is 0 Å². The Balaban J connectivity index is 2.35. The number of hydrogen-bond donors (Lipinski definition) is 0. The third kappa shape index (κ3) is 4.26. The van der Waals surface area contributed by atoms with Crippen molar-refractivity contribution in [3.8, 4) is 0 Å². The molecule has 1 rings (SSSR count). The van der Waals surface area contributed by atoms with Crippen LogP contribution in [-0.4, -0.2) is 38.3 Å². The second-order valence-electron chi connectivity index (χ2n) is 6.32. The second-order valence-corrected chi connectivity index (χ2v) is 6.32. The summed E-state index contributed by atoms with van der Waals surface area (Å²) in [6, 6.07) is 0.786.